The Balaban J connectivity index is 0.000000405. The molecule has 1 aromatic carbocycles. The number of aryl methyl sites for hydroxylation is 1. The minimum atomic E-state index is -6.72. The monoisotopic (exact) mass is 873 g/mol. The number of pyridine rings is 1. The quantitative estimate of drug-likeness (QED) is 0.153. The summed E-state index contributed by atoms with van der Waals surface area (Å²) in [4.78, 5) is 4.71. The van der Waals surface area contributed by atoms with Crippen LogP contribution in [0, 0.1) is 0 Å². The standard InChI is InChI=1S/C18H23N3S.2C2F6NO4S2/c1-21(2,3)14-6-11-20-12-9-15(10-13-20)18-19-16-7-4-5-8-17(16)22-18;2*3-1(4,5)14(10,11)9-15(12,13)2(6,7)8/h4-5,7-10,12-13H,6,11,14H2,1-3H3;;/q+2;2*-1. The molecule has 2 aromatic heterocycles. The van der Waals surface area contributed by atoms with Crippen molar-refractivity contribution in [1.29, 1.82) is 0 Å². The van der Waals surface area contributed by atoms with Gasteiger partial charge in [-0.2, -0.15) is 52.7 Å². The third kappa shape index (κ3) is 13.8. The van der Waals surface area contributed by atoms with Gasteiger partial charge in [0.15, 0.2) is 59.0 Å². The predicted octanol–water partition coefficient (Wildman–Crippen LogP) is 5.47. The molecule has 0 unspecified atom stereocenters. The molecule has 52 heavy (non-hydrogen) atoms. The number of alkyl halides is 12. The van der Waals surface area contributed by atoms with Crippen LogP contribution in [0.3, 0.4) is 0 Å². The molecule has 30 heteroatoms. The maximum atomic E-state index is 11.4. The van der Waals surface area contributed by atoms with E-state index in [0.717, 1.165) is 29.8 Å². The number of nitrogens with zero attached hydrogens (tertiary/aromatic N) is 5. The fourth-order valence-corrected chi connectivity index (χ4v) is 7.29. The van der Waals surface area contributed by atoms with Crippen LogP contribution in [0.15, 0.2) is 48.8 Å². The van der Waals surface area contributed by atoms with Gasteiger partial charge in [-0.15, -0.1) is 11.3 Å². The van der Waals surface area contributed by atoms with E-state index < -0.39 is 62.1 Å². The Kier molecular flexibility index (Phi) is 14.7. The largest absolute Gasteiger partial charge is 0.480 e. The number of rotatable bonds is 9. The van der Waals surface area contributed by atoms with Crippen LogP contribution in [0.5, 0.6) is 0 Å². The third-order valence-corrected chi connectivity index (χ3v) is 11.8. The highest BCUT2D eigenvalue weighted by atomic mass is 32.3. The van der Waals surface area contributed by atoms with Gasteiger partial charge in [0.25, 0.3) is 0 Å². The topological polar surface area (TPSA) is 182 Å². The van der Waals surface area contributed by atoms with E-state index in [9.17, 15) is 86.4 Å². The van der Waals surface area contributed by atoms with E-state index in [2.05, 4.69) is 68.4 Å². The molecule has 0 bridgehead atoms. The number of para-hydroxylation sites is 1. The molecule has 13 nitrogen and oxygen atoms in total. The van der Waals surface area contributed by atoms with Gasteiger partial charge in [0.2, 0.25) is 0 Å². The summed E-state index contributed by atoms with van der Waals surface area (Å²) in [5.74, 6) is 0. The number of quaternary nitrogens is 1. The van der Waals surface area contributed by atoms with Gasteiger partial charge in [-0.3, -0.25) is 0 Å². The van der Waals surface area contributed by atoms with Crippen LogP contribution in [0.4, 0.5) is 52.7 Å². The summed E-state index contributed by atoms with van der Waals surface area (Å²) in [6.07, 6.45) is 5.52. The third-order valence-electron chi connectivity index (χ3n) is 5.24. The number of benzene rings is 1. The lowest BCUT2D eigenvalue weighted by molar-refractivity contribution is -0.873. The molecule has 0 fully saturated rings. The van der Waals surface area contributed by atoms with Crippen molar-refractivity contribution in [3.63, 3.8) is 0 Å². The highest BCUT2D eigenvalue weighted by Gasteiger charge is 2.48. The van der Waals surface area contributed by atoms with Crippen molar-refractivity contribution in [2.45, 2.75) is 35.0 Å². The first-order valence-electron chi connectivity index (χ1n) is 12.8. The Morgan fingerprint density at radius 3 is 1.33 bits per heavy atom. The first-order chi connectivity index (χ1) is 22.9. The van der Waals surface area contributed by atoms with Gasteiger partial charge in [0, 0.05) is 17.7 Å². The summed E-state index contributed by atoms with van der Waals surface area (Å²) < 4.78 is 223. The summed E-state index contributed by atoms with van der Waals surface area (Å²) in [6, 6.07) is 12.6. The molecule has 0 saturated heterocycles. The van der Waals surface area contributed by atoms with Crippen LogP contribution in [0.25, 0.3) is 29.0 Å². The zero-order valence-corrected chi connectivity index (χ0v) is 29.9. The lowest BCUT2D eigenvalue weighted by Gasteiger charge is -2.22. The SMILES string of the molecule is C[N+](C)(C)CCC[n+]1ccc(-c2nc3ccccc3s2)cc1.O=S(=O)([N-]S(=O)(=O)C(F)(F)F)C(F)(F)F.O=S(=O)([N-]S(=O)(=O)C(F)(F)F)C(F)(F)F. The first kappa shape index (κ1) is 47.1. The normalized spacial score (nSPS) is 13.9. The molecule has 0 N–H and O–H groups in total. The fourth-order valence-electron chi connectivity index (χ4n) is 2.90. The van der Waals surface area contributed by atoms with Gasteiger partial charge in [-0.1, -0.05) is 12.1 Å². The van der Waals surface area contributed by atoms with E-state index in [1.54, 1.807) is 11.3 Å². The van der Waals surface area contributed by atoms with Crippen molar-refractivity contribution in [3.05, 3.63) is 57.0 Å². The van der Waals surface area contributed by atoms with Gasteiger partial charge in [-0.05, 0) is 12.1 Å². The summed E-state index contributed by atoms with van der Waals surface area (Å²) in [6.45, 7) is 2.25. The zero-order chi connectivity index (χ0) is 41.0. The lowest BCUT2D eigenvalue weighted by atomic mass is 10.2. The Bertz CT molecular complexity index is 1910. The minimum Gasteiger partial charge on any atom is -0.421 e. The second kappa shape index (κ2) is 16.2. The van der Waals surface area contributed by atoms with Gasteiger partial charge in [0.1, 0.15) is 5.01 Å². The molecular weight excluding hydrogens is 851 g/mol. The molecule has 0 radical (unpaired) electrons. The Hall–Kier alpha value is -2.90. The molecule has 2 heterocycles. The van der Waals surface area contributed by atoms with Crippen LogP contribution < -0.4 is 4.57 Å². The molecule has 0 spiro atoms. The van der Waals surface area contributed by atoms with Crippen molar-refractivity contribution in [2.24, 2.45) is 0 Å². The van der Waals surface area contributed by atoms with E-state index in [1.165, 1.54) is 23.2 Å². The highest BCUT2D eigenvalue weighted by molar-refractivity contribution is 8.13. The molecule has 3 rings (SSSR count). The summed E-state index contributed by atoms with van der Waals surface area (Å²) in [7, 11) is -20.2. The molecule has 0 amide bonds. The second-order valence-corrected chi connectivity index (χ2v) is 18.4. The van der Waals surface area contributed by atoms with Crippen molar-refractivity contribution in [2.75, 3.05) is 27.7 Å². The van der Waals surface area contributed by atoms with Gasteiger partial charge in [-0.25, -0.2) is 43.2 Å². The van der Waals surface area contributed by atoms with E-state index in [-0.39, 0.29) is 0 Å². The summed E-state index contributed by atoms with van der Waals surface area (Å²) in [5.41, 5.74) is -22.5. The Morgan fingerprint density at radius 2 is 1.00 bits per heavy atom. The number of thiazole rings is 1. The molecule has 0 atom stereocenters. The van der Waals surface area contributed by atoms with E-state index >= 15 is 0 Å². The van der Waals surface area contributed by atoms with Crippen molar-refractivity contribution >= 4 is 61.6 Å². The molecule has 3 aromatic rings. The number of hydrogen-bond donors (Lipinski definition) is 0. The second-order valence-electron chi connectivity index (χ2n) is 10.5. The van der Waals surface area contributed by atoms with E-state index in [0.29, 0.717) is 0 Å². The maximum Gasteiger partial charge on any atom is 0.480 e. The molecule has 0 saturated carbocycles. The smallest absolute Gasteiger partial charge is 0.421 e. The highest BCUT2D eigenvalue weighted by Crippen LogP contribution is 2.37. The van der Waals surface area contributed by atoms with Crippen LogP contribution in [-0.2, 0) is 46.6 Å². The van der Waals surface area contributed by atoms with Gasteiger partial charge < -0.3 is 12.7 Å². The van der Waals surface area contributed by atoms with Crippen LogP contribution in [0.1, 0.15) is 6.42 Å². The van der Waals surface area contributed by atoms with Crippen LogP contribution >= 0.6 is 11.3 Å². The van der Waals surface area contributed by atoms with Crippen molar-refractivity contribution < 1.29 is 95.4 Å². The minimum absolute atomic E-state index is 0.778. The summed E-state index contributed by atoms with van der Waals surface area (Å²) >= 11 is 1.75. The molecule has 0 aliphatic heterocycles. The van der Waals surface area contributed by atoms with Crippen molar-refractivity contribution in [3.8, 4) is 10.6 Å². The van der Waals surface area contributed by atoms with Crippen molar-refractivity contribution in [1.82, 2.24) is 4.98 Å². The molecule has 0 aliphatic rings. The zero-order valence-electron chi connectivity index (χ0n) is 25.8. The van der Waals surface area contributed by atoms with E-state index in [1.807, 2.05) is 6.07 Å². The number of sulfonamides is 4. The maximum absolute atomic E-state index is 11.4. The summed E-state index contributed by atoms with van der Waals surface area (Å²) in [5, 5.41) is 1.10. The number of fused-ring (bicyclic) bond motifs is 1. The predicted molar refractivity (Wildman–Crippen MR) is 159 cm³/mol. The molecule has 0 aliphatic carbocycles. The van der Waals surface area contributed by atoms with E-state index in [4.69, 9.17) is 4.98 Å². The number of hydrogen-bond acceptors (Lipinski definition) is 10. The Morgan fingerprint density at radius 1 is 0.635 bits per heavy atom. The fraction of sp³-hybridized carbons (Fsp3) is 0.455. The Labute approximate surface area is 291 Å². The number of aromatic nitrogens is 2. The molecular formula is C22H23F12N5O8S5. The molecule has 298 valence electrons. The average molecular weight is 874 g/mol. The van der Waals surface area contributed by atoms with Gasteiger partial charge >= 0.3 is 22.0 Å². The van der Waals surface area contributed by atoms with Gasteiger partial charge in [0.05, 0.1) is 44.3 Å². The average Bonchev–Trinajstić information content (AvgIpc) is 3.34. The lowest BCUT2D eigenvalue weighted by Crippen LogP contribution is -2.39. The number of halogens is 12. The van der Waals surface area contributed by atoms with Crippen LogP contribution in [-0.4, -0.2) is 92.9 Å². The van der Waals surface area contributed by atoms with Crippen LogP contribution in [0.2, 0.25) is 0 Å². The first-order valence-corrected chi connectivity index (χ1v) is 19.4.